The van der Waals surface area contributed by atoms with Crippen molar-refractivity contribution in [1.29, 1.82) is 0 Å². The summed E-state index contributed by atoms with van der Waals surface area (Å²) < 4.78 is 5.35. The molecule has 0 aliphatic carbocycles. The van der Waals surface area contributed by atoms with E-state index in [4.69, 9.17) is 4.74 Å². The van der Waals surface area contributed by atoms with Gasteiger partial charge in [-0.25, -0.2) is 4.79 Å². The van der Waals surface area contributed by atoms with Crippen LogP contribution >= 0.6 is 0 Å². The maximum atomic E-state index is 12.2. The van der Waals surface area contributed by atoms with Gasteiger partial charge in [-0.05, 0) is 49.4 Å². The number of amides is 3. The van der Waals surface area contributed by atoms with Gasteiger partial charge in [-0.3, -0.25) is 9.59 Å². The number of aryl methyl sites for hydroxylation is 1. The lowest BCUT2D eigenvalue weighted by Crippen LogP contribution is -2.44. The van der Waals surface area contributed by atoms with E-state index in [0.29, 0.717) is 31.1 Å². The molecule has 2 aromatic carbocycles. The zero-order chi connectivity index (χ0) is 20.6. The van der Waals surface area contributed by atoms with E-state index in [0.717, 1.165) is 18.4 Å². The Kier molecular flexibility index (Phi) is 6.84. The molecule has 29 heavy (non-hydrogen) atoms. The highest BCUT2D eigenvalue weighted by atomic mass is 16.6. The van der Waals surface area contributed by atoms with Crippen LogP contribution in [0.25, 0.3) is 0 Å². The van der Waals surface area contributed by atoms with Crippen LogP contribution in [-0.2, 0) is 9.59 Å². The zero-order valence-corrected chi connectivity index (χ0v) is 16.4. The van der Waals surface area contributed by atoms with Crippen LogP contribution in [0.15, 0.2) is 54.6 Å². The number of rotatable bonds is 4. The van der Waals surface area contributed by atoms with Gasteiger partial charge in [-0.2, -0.15) is 0 Å². The van der Waals surface area contributed by atoms with Gasteiger partial charge in [-0.15, -0.1) is 0 Å². The number of carbonyl (C=O) groups is 3. The van der Waals surface area contributed by atoms with Crippen molar-refractivity contribution in [3.05, 3.63) is 60.2 Å². The first-order valence-corrected chi connectivity index (χ1v) is 9.69. The fourth-order valence-corrected chi connectivity index (χ4v) is 3.18. The van der Waals surface area contributed by atoms with E-state index < -0.39 is 11.8 Å². The number of anilines is 1. The second kappa shape index (κ2) is 9.73. The van der Waals surface area contributed by atoms with E-state index >= 15 is 0 Å². The van der Waals surface area contributed by atoms with Crippen molar-refractivity contribution in [3.8, 4) is 5.75 Å². The van der Waals surface area contributed by atoms with Crippen LogP contribution in [0.4, 0.5) is 10.5 Å². The smallest absolute Gasteiger partial charge is 0.410 e. The summed E-state index contributed by atoms with van der Waals surface area (Å²) in [7, 11) is 0. The summed E-state index contributed by atoms with van der Waals surface area (Å²) in [6.07, 6.45) is 1.11. The fraction of sp³-hybridized carbons (Fsp3) is 0.318. The van der Waals surface area contributed by atoms with E-state index in [1.807, 2.05) is 37.3 Å². The third-order valence-corrected chi connectivity index (χ3v) is 4.97. The van der Waals surface area contributed by atoms with Crippen molar-refractivity contribution in [2.75, 3.05) is 25.0 Å². The summed E-state index contributed by atoms with van der Waals surface area (Å²) in [6.45, 7) is 3.38. The van der Waals surface area contributed by atoms with Gasteiger partial charge in [0.1, 0.15) is 5.75 Å². The molecule has 0 aromatic heterocycles. The van der Waals surface area contributed by atoms with Crippen molar-refractivity contribution in [2.45, 2.75) is 19.8 Å². The average Bonchev–Trinajstić information content (AvgIpc) is 2.74. The number of nitrogens with zero attached hydrogens (tertiary/aromatic N) is 1. The Balaban J connectivity index is 1.39. The van der Waals surface area contributed by atoms with Gasteiger partial charge in [-0.1, -0.05) is 36.4 Å². The summed E-state index contributed by atoms with van der Waals surface area (Å²) in [4.78, 5) is 38.0. The molecule has 3 rings (SSSR count). The zero-order valence-electron chi connectivity index (χ0n) is 16.4. The number of hydrogen-bond donors (Lipinski definition) is 2. The number of likely N-dealkylation sites (tertiary alicyclic amines) is 1. The van der Waals surface area contributed by atoms with E-state index in [2.05, 4.69) is 10.6 Å². The SMILES string of the molecule is Cc1ccccc1NC(=O)C(=O)NCC1CCN(C(=O)Oc2ccccc2)CC1. The van der Waals surface area contributed by atoms with E-state index in [-0.39, 0.29) is 12.0 Å². The number of carbonyl (C=O) groups excluding carboxylic acids is 3. The first-order valence-electron chi connectivity index (χ1n) is 9.69. The van der Waals surface area contributed by atoms with Crippen LogP contribution < -0.4 is 15.4 Å². The number of benzene rings is 2. The number of hydrogen-bond acceptors (Lipinski definition) is 4. The molecule has 7 nitrogen and oxygen atoms in total. The molecule has 2 aromatic rings. The van der Waals surface area contributed by atoms with E-state index in [9.17, 15) is 14.4 Å². The topological polar surface area (TPSA) is 87.7 Å². The first-order chi connectivity index (χ1) is 14.0. The predicted molar refractivity (Wildman–Crippen MR) is 110 cm³/mol. The molecule has 1 saturated heterocycles. The summed E-state index contributed by atoms with van der Waals surface area (Å²) in [5.74, 6) is -0.597. The van der Waals surface area contributed by atoms with Gasteiger partial charge in [0, 0.05) is 25.3 Å². The molecule has 1 heterocycles. The summed E-state index contributed by atoms with van der Waals surface area (Å²) >= 11 is 0. The second-order valence-corrected chi connectivity index (χ2v) is 7.09. The lowest BCUT2D eigenvalue weighted by molar-refractivity contribution is -0.136. The molecule has 1 fully saturated rings. The van der Waals surface area contributed by atoms with Gasteiger partial charge in [0.05, 0.1) is 0 Å². The molecule has 1 aliphatic rings. The minimum absolute atomic E-state index is 0.214. The maximum Gasteiger partial charge on any atom is 0.415 e. The normalized spacial score (nSPS) is 14.2. The summed E-state index contributed by atoms with van der Waals surface area (Å²) in [6, 6.07) is 16.3. The Bertz CT molecular complexity index is 861. The lowest BCUT2D eigenvalue weighted by Gasteiger charge is -2.31. The maximum absolute atomic E-state index is 12.2. The quantitative estimate of drug-likeness (QED) is 0.779. The first kappa shape index (κ1) is 20.4. The van der Waals surface area contributed by atoms with E-state index in [1.165, 1.54) is 0 Å². The molecule has 0 atom stereocenters. The highest BCUT2D eigenvalue weighted by molar-refractivity contribution is 6.39. The summed E-state index contributed by atoms with van der Waals surface area (Å²) in [5, 5.41) is 5.31. The molecule has 0 unspecified atom stereocenters. The van der Waals surface area contributed by atoms with Crippen LogP contribution in [0.5, 0.6) is 5.75 Å². The molecule has 7 heteroatoms. The van der Waals surface area contributed by atoms with Gasteiger partial charge in [0.25, 0.3) is 0 Å². The van der Waals surface area contributed by atoms with Crippen molar-refractivity contribution < 1.29 is 19.1 Å². The molecule has 0 spiro atoms. The Morgan fingerprint density at radius 2 is 1.62 bits per heavy atom. The lowest BCUT2D eigenvalue weighted by atomic mass is 9.97. The molecule has 1 aliphatic heterocycles. The number of ether oxygens (including phenoxy) is 1. The minimum atomic E-state index is -0.678. The van der Waals surface area contributed by atoms with Gasteiger partial charge in [0.2, 0.25) is 0 Å². The average molecular weight is 395 g/mol. The van der Waals surface area contributed by atoms with Gasteiger partial charge >= 0.3 is 17.9 Å². The Morgan fingerprint density at radius 1 is 0.966 bits per heavy atom. The summed E-state index contributed by atoms with van der Waals surface area (Å²) in [5.41, 5.74) is 1.52. The van der Waals surface area contributed by atoms with Gasteiger partial charge in [0.15, 0.2) is 0 Å². The third kappa shape index (κ3) is 5.81. The van der Waals surface area contributed by atoms with Gasteiger partial charge < -0.3 is 20.3 Å². The Morgan fingerprint density at radius 3 is 2.31 bits per heavy atom. The Hall–Kier alpha value is -3.35. The molecule has 0 radical (unpaired) electrons. The predicted octanol–water partition coefficient (Wildman–Crippen LogP) is 2.96. The van der Waals surface area contributed by atoms with E-state index in [1.54, 1.807) is 29.2 Å². The van der Waals surface area contributed by atoms with Crippen LogP contribution in [-0.4, -0.2) is 42.4 Å². The molecule has 152 valence electrons. The molecule has 0 bridgehead atoms. The fourth-order valence-electron chi connectivity index (χ4n) is 3.18. The van der Waals surface area contributed by atoms with Crippen LogP contribution in [0.2, 0.25) is 0 Å². The molecular formula is C22H25N3O4. The van der Waals surface area contributed by atoms with Crippen molar-refractivity contribution >= 4 is 23.6 Å². The van der Waals surface area contributed by atoms with Crippen molar-refractivity contribution in [3.63, 3.8) is 0 Å². The minimum Gasteiger partial charge on any atom is -0.410 e. The van der Waals surface area contributed by atoms with Crippen LogP contribution in [0, 0.1) is 12.8 Å². The molecule has 0 saturated carbocycles. The molecular weight excluding hydrogens is 370 g/mol. The standard InChI is InChI=1S/C22H25N3O4/c1-16-7-5-6-10-19(16)24-21(27)20(26)23-15-17-11-13-25(14-12-17)22(28)29-18-8-3-2-4-9-18/h2-10,17H,11-15H2,1H3,(H,23,26)(H,24,27). The van der Waals surface area contributed by atoms with Crippen molar-refractivity contribution in [2.24, 2.45) is 5.92 Å². The Labute approximate surface area is 170 Å². The highest BCUT2D eigenvalue weighted by Crippen LogP contribution is 2.19. The highest BCUT2D eigenvalue weighted by Gasteiger charge is 2.25. The second-order valence-electron chi connectivity index (χ2n) is 7.09. The van der Waals surface area contributed by atoms with Crippen molar-refractivity contribution in [1.82, 2.24) is 10.2 Å². The number of nitrogens with one attached hydrogen (secondary N) is 2. The largest absolute Gasteiger partial charge is 0.415 e. The van der Waals surface area contributed by atoms with Crippen LogP contribution in [0.3, 0.4) is 0 Å². The molecule has 2 N–H and O–H groups in total. The third-order valence-electron chi connectivity index (χ3n) is 4.97. The monoisotopic (exact) mass is 395 g/mol. The number of piperidine rings is 1. The number of para-hydroxylation sites is 2. The molecule has 3 amide bonds. The van der Waals surface area contributed by atoms with Crippen LogP contribution in [0.1, 0.15) is 18.4 Å².